The SMILES string of the molecule is C[C@@H]1CCC[C@H](C)N(OS(C)(=O)=O)C1=O. The average molecular weight is 235 g/mol. The smallest absolute Gasteiger partial charge is 0.272 e. The van der Waals surface area contributed by atoms with Gasteiger partial charge in [0, 0.05) is 5.92 Å². The topological polar surface area (TPSA) is 63.7 Å². The van der Waals surface area contributed by atoms with E-state index in [0.717, 1.165) is 30.6 Å². The van der Waals surface area contributed by atoms with E-state index in [9.17, 15) is 13.2 Å². The van der Waals surface area contributed by atoms with E-state index in [0.29, 0.717) is 0 Å². The van der Waals surface area contributed by atoms with Crippen molar-refractivity contribution in [1.29, 1.82) is 0 Å². The second-order valence-corrected chi connectivity index (χ2v) is 5.68. The van der Waals surface area contributed by atoms with Gasteiger partial charge in [-0.15, -0.1) is 4.28 Å². The van der Waals surface area contributed by atoms with E-state index in [1.54, 1.807) is 13.8 Å². The van der Waals surface area contributed by atoms with E-state index in [4.69, 9.17) is 4.28 Å². The minimum Gasteiger partial charge on any atom is -0.272 e. The van der Waals surface area contributed by atoms with Crippen LogP contribution in [0.25, 0.3) is 0 Å². The van der Waals surface area contributed by atoms with Crippen LogP contribution in [0, 0.1) is 5.92 Å². The Hall–Kier alpha value is -0.620. The molecule has 0 unspecified atom stereocenters. The number of carbonyl (C=O) groups is 1. The lowest BCUT2D eigenvalue weighted by atomic mass is 10.1. The third-order valence-corrected chi connectivity index (χ3v) is 2.95. The molecular weight excluding hydrogens is 218 g/mol. The summed E-state index contributed by atoms with van der Waals surface area (Å²) in [6, 6.07) is -0.183. The van der Waals surface area contributed by atoms with Crippen LogP contribution in [0.2, 0.25) is 0 Å². The first kappa shape index (κ1) is 12.4. The second kappa shape index (κ2) is 4.49. The van der Waals surface area contributed by atoms with Crippen molar-refractivity contribution in [3.05, 3.63) is 0 Å². The van der Waals surface area contributed by atoms with Crippen molar-refractivity contribution in [3.8, 4) is 0 Å². The lowest BCUT2D eigenvalue weighted by molar-refractivity contribution is -0.166. The lowest BCUT2D eigenvalue weighted by Crippen LogP contribution is -2.41. The van der Waals surface area contributed by atoms with Crippen LogP contribution in [-0.4, -0.2) is 31.7 Å². The minimum absolute atomic E-state index is 0.170. The van der Waals surface area contributed by atoms with Crippen LogP contribution >= 0.6 is 0 Å². The van der Waals surface area contributed by atoms with Crippen molar-refractivity contribution in [3.63, 3.8) is 0 Å². The highest BCUT2D eigenvalue weighted by molar-refractivity contribution is 7.85. The Bertz CT molecular complexity index is 338. The van der Waals surface area contributed by atoms with Gasteiger partial charge in [-0.25, -0.2) is 5.06 Å². The molecule has 1 amide bonds. The summed E-state index contributed by atoms with van der Waals surface area (Å²) in [4.78, 5) is 11.8. The number of nitrogens with zero attached hydrogens (tertiary/aromatic N) is 1. The maximum absolute atomic E-state index is 11.8. The Morgan fingerprint density at radius 3 is 2.47 bits per heavy atom. The van der Waals surface area contributed by atoms with Gasteiger partial charge in [0.1, 0.15) is 0 Å². The number of amides is 1. The first-order valence-corrected chi connectivity index (χ1v) is 6.85. The molecule has 1 aliphatic heterocycles. The first-order valence-electron chi connectivity index (χ1n) is 5.04. The highest BCUT2D eigenvalue weighted by Gasteiger charge is 2.31. The molecule has 6 heteroatoms. The molecule has 0 N–H and O–H groups in total. The van der Waals surface area contributed by atoms with Gasteiger partial charge in [-0.1, -0.05) is 13.3 Å². The van der Waals surface area contributed by atoms with Gasteiger partial charge in [0.05, 0.1) is 12.3 Å². The van der Waals surface area contributed by atoms with Crippen molar-refractivity contribution in [2.24, 2.45) is 5.92 Å². The fraction of sp³-hybridized carbons (Fsp3) is 0.889. The summed E-state index contributed by atoms with van der Waals surface area (Å²) in [5.41, 5.74) is 0. The lowest BCUT2D eigenvalue weighted by Gasteiger charge is -2.25. The van der Waals surface area contributed by atoms with Gasteiger partial charge in [0.2, 0.25) is 5.91 Å². The molecule has 0 aromatic heterocycles. The summed E-state index contributed by atoms with van der Waals surface area (Å²) in [7, 11) is -3.62. The maximum atomic E-state index is 11.8. The Morgan fingerprint density at radius 1 is 1.33 bits per heavy atom. The molecule has 0 aliphatic carbocycles. The van der Waals surface area contributed by atoms with Crippen LogP contribution in [0.3, 0.4) is 0 Å². The van der Waals surface area contributed by atoms with Crippen LogP contribution in [0.4, 0.5) is 0 Å². The largest absolute Gasteiger partial charge is 0.285 e. The molecule has 1 aliphatic rings. The van der Waals surface area contributed by atoms with E-state index in [1.807, 2.05) is 0 Å². The molecule has 15 heavy (non-hydrogen) atoms. The molecular formula is C9H17NO4S. The summed E-state index contributed by atoms with van der Waals surface area (Å²) in [6.07, 6.45) is 3.42. The van der Waals surface area contributed by atoms with Gasteiger partial charge < -0.3 is 0 Å². The molecule has 1 fully saturated rings. The molecule has 0 aromatic rings. The monoisotopic (exact) mass is 235 g/mol. The zero-order chi connectivity index (χ0) is 11.6. The molecule has 88 valence electrons. The maximum Gasteiger partial charge on any atom is 0.285 e. The van der Waals surface area contributed by atoms with Crippen molar-refractivity contribution >= 4 is 16.0 Å². The Labute approximate surface area is 90.5 Å². The quantitative estimate of drug-likeness (QED) is 0.713. The van der Waals surface area contributed by atoms with Gasteiger partial charge in [-0.3, -0.25) is 4.79 Å². The molecule has 2 atom stereocenters. The highest BCUT2D eigenvalue weighted by Crippen LogP contribution is 2.22. The number of carbonyl (C=O) groups excluding carboxylic acids is 1. The Kier molecular flexibility index (Phi) is 3.72. The summed E-state index contributed by atoms with van der Waals surface area (Å²) >= 11 is 0. The third kappa shape index (κ3) is 3.46. The molecule has 0 radical (unpaired) electrons. The summed E-state index contributed by atoms with van der Waals surface area (Å²) in [6.45, 7) is 3.58. The van der Waals surface area contributed by atoms with E-state index in [2.05, 4.69) is 0 Å². The third-order valence-electron chi connectivity index (χ3n) is 2.51. The number of hydrogen-bond acceptors (Lipinski definition) is 4. The molecule has 1 rings (SSSR count). The number of hydrogen-bond donors (Lipinski definition) is 0. The highest BCUT2D eigenvalue weighted by atomic mass is 32.2. The summed E-state index contributed by atoms with van der Waals surface area (Å²) < 4.78 is 26.7. The van der Waals surface area contributed by atoms with Crippen molar-refractivity contribution in [1.82, 2.24) is 5.06 Å². The normalized spacial score (nSPS) is 29.0. The first-order chi connectivity index (χ1) is 6.81. The van der Waals surface area contributed by atoms with E-state index in [1.165, 1.54) is 0 Å². The van der Waals surface area contributed by atoms with E-state index < -0.39 is 10.1 Å². The van der Waals surface area contributed by atoms with Gasteiger partial charge in [-0.2, -0.15) is 8.42 Å². The second-order valence-electron chi connectivity index (χ2n) is 4.12. The molecule has 0 aromatic carbocycles. The minimum atomic E-state index is -3.62. The average Bonchev–Trinajstić information content (AvgIpc) is 2.19. The van der Waals surface area contributed by atoms with Crippen LogP contribution in [-0.2, 0) is 19.2 Å². The van der Waals surface area contributed by atoms with E-state index >= 15 is 0 Å². The van der Waals surface area contributed by atoms with E-state index in [-0.39, 0.29) is 17.9 Å². The van der Waals surface area contributed by atoms with Gasteiger partial charge >= 0.3 is 0 Å². The fourth-order valence-electron chi connectivity index (χ4n) is 1.65. The Balaban J connectivity index is 2.85. The molecule has 0 bridgehead atoms. The zero-order valence-corrected chi connectivity index (χ0v) is 10.1. The van der Waals surface area contributed by atoms with Gasteiger partial charge in [0.25, 0.3) is 10.1 Å². The van der Waals surface area contributed by atoms with Crippen LogP contribution in [0.15, 0.2) is 0 Å². The molecule has 1 heterocycles. The van der Waals surface area contributed by atoms with Crippen molar-refractivity contribution in [2.45, 2.75) is 39.2 Å². The predicted octanol–water partition coefficient (Wildman–Crippen LogP) is 0.915. The predicted molar refractivity (Wildman–Crippen MR) is 55.3 cm³/mol. The Morgan fingerprint density at radius 2 is 1.93 bits per heavy atom. The van der Waals surface area contributed by atoms with Crippen LogP contribution in [0.5, 0.6) is 0 Å². The zero-order valence-electron chi connectivity index (χ0n) is 9.26. The summed E-state index contributed by atoms with van der Waals surface area (Å²) in [5, 5.41) is 1.01. The van der Waals surface area contributed by atoms with Crippen molar-refractivity contribution < 1.29 is 17.5 Å². The fourth-order valence-corrected chi connectivity index (χ4v) is 2.16. The number of rotatable bonds is 2. The molecule has 0 saturated carbocycles. The molecule has 5 nitrogen and oxygen atoms in total. The number of hydroxylamine groups is 2. The molecule has 0 spiro atoms. The van der Waals surface area contributed by atoms with Gasteiger partial charge in [0.15, 0.2) is 0 Å². The standard InChI is InChI=1S/C9H17NO4S/c1-7-5-4-6-8(2)10(9(7)11)14-15(3,12)13/h7-8H,4-6H2,1-3H3/t7-,8+/m1/s1. The van der Waals surface area contributed by atoms with Gasteiger partial charge in [-0.05, 0) is 19.8 Å². The molecule has 1 saturated heterocycles. The van der Waals surface area contributed by atoms with Crippen molar-refractivity contribution in [2.75, 3.05) is 6.26 Å². The summed E-state index contributed by atoms with van der Waals surface area (Å²) in [5.74, 6) is -0.415. The van der Waals surface area contributed by atoms with Crippen LogP contribution in [0.1, 0.15) is 33.1 Å². The van der Waals surface area contributed by atoms with Crippen LogP contribution < -0.4 is 0 Å².